The Morgan fingerprint density at radius 2 is 2.08 bits per heavy atom. The molecule has 0 N–H and O–H groups in total. The minimum atomic E-state index is 0.0878. The third-order valence-corrected chi connectivity index (χ3v) is 4.98. The summed E-state index contributed by atoms with van der Waals surface area (Å²) in [6, 6.07) is 14.9. The Bertz CT molecular complexity index is 659. The minimum Gasteiger partial charge on any atom is -0.335 e. The van der Waals surface area contributed by atoms with Crippen LogP contribution < -0.4 is 0 Å². The first-order valence-corrected chi connectivity index (χ1v) is 8.70. The smallest absolute Gasteiger partial charge is 0.255 e. The van der Waals surface area contributed by atoms with Crippen molar-refractivity contribution in [3.05, 3.63) is 66.0 Å². The molecule has 0 radical (unpaired) electrons. The summed E-state index contributed by atoms with van der Waals surface area (Å²) in [7, 11) is 0. The summed E-state index contributed by atoms with van der Waals surface area (Å²) in [5.41, 5.74) is 2.01. The first kappa shape index (κ1) is 16.7. The molecule has 0 spiro atoms. The predicted octanol–water partition coefficient (Wildman–Crippen LogP) is 3.38. The van der Waals surface area contributed by atoms with Crippen LogP contribution in [0.5, 0.6) is 0 Å². The Morgan fingerprint density at radius 1 is 1.29 bits per heavy atom. The molecule has 3 rings (SSSR count). The molecule has 0 aliphatic carbocycles. The number of rotatable bonds is 5. The van der Waals surface area contributed by atoms with Crippen molar-refractivity contribution in [1.29, 1.82) is 0 Å². The Labute approximate surface area is 144 Å². The van der Waals surface area contributed by atoms with Gasteiger partial charge in [-0.2, -0.15) is 0 Å². The van der Waals surface area contributed by atoms with E-state index in [4.69, 9.17) is 0 Å². The highest BCUT2D eigenvalue weighted by Gasteiger charge is 2.32. The maximum Gasteiger partial charge on any atom is 0.255 e. The van der Waals surface area contributed by atoms with Crippen molar-refractivity contribution in [1.82, 2.24) is 14.8 Å². The number of carbonyl (C=O) groups is 1. The fourth-order valence-electron chi connectivity index (χ4n) is 3.54. The van der Waals surface area contributed by atoms with E-state index in [1.54, 1.807) is 12.4 Å². The summed E-state index contributed by atoms with van der Waals surface area (Å²) in [5, 5.41) is 0. The number of amides is 1. The molecule has 1 aliphatic rings. The van der Waals surface area contributed by atoms with Crippen molar-refractivity contribution >= 4 is 5.91 Å². The molecule has 2 heterocycles. The highest BCUT2D eigenvalue weighted by atomic mass is 16.2. The number of benzene rings is 1. The van der Waals surface area contributed by atoms with Crippen LogP contribution in [-0.4, -0.2) is 46.4 Å². The van der Waals surface area contributed by atoms with Gasteiger partial charge < -0.3 is 4.90 Å². The van der Waals surface area contributed by atoms with Gasteiger partial charge in [0.05, 0.1) is 5.56 Å². The zero-order valence-electron chi connectivity index (χ0n) is 14.4. The molecule has 1 aliphatic heterocycles. The summed E-state index contributed by atoms with van der Waals surface area (Å²) in [4.78, 5) is 21.3. The van der Waals surface area contributed by atoms with E-state index < -0.39 is 0 Å². The predicted molar refractivity (Wildman–Crippen MR) is 95.8 cm³/mol. The average Bonchev–Trinajstić information content (AvgIpc) is 3.13. The lowest BCUT2D eigenvalue weighted by Crippen LogP contribution is -2.42. The summed E-state index contributed by atoms with van der Waals surface area (Å²) in [6.07, 6.45) is 4.38. The van der Waals surface area contributed by atoms with E-state index in [1.165, 1.54) is 5.56 Å². The summed E-state index contributed by atoms with van der Waals surface area (Å²) < 4.78 is 0. The van der Waals surface area contributed by atoms with Crippen molar-refractivity contribution in [2.45, 2.75) is 32.4 Å². The van der Waals surface area contributed by atoms with Crippen LogP contribution in [0.3, 0.4) is 0 Å². The summed E-state index contributed by atoms with van der Waals surface area (Å²) >= 11 is 0. The van der Waals surface area contributed by atoms with E-state index in [0.29, 0.717) is 11.6 Å². The van der Waals surface area contributed by atoms with Crippen LogP contribution in [0, 0.1) is 0 Å². The molecule has 0 saturated carbocycles. The lowest BCUT2D eigenvalue weighted by molar-refractivity contribution is 0.0689. The topological polar surface area (TPSA) is 36.4 Å². The molecule has 2 atom stereocenters. The SMILES string of the molecule is CCN(C(=O)c1cccnc1)[C@H]1CCN([C@@H](C)c2ccccc2)C1. The van der Waals surface area contributed by atoms with Crippen molar-refractivity contribution in [2.24, 2.45) is 0 Å². The van der Waals surface area contributed by atoms with Crippen LogP contribution in [-0.2, 0) is 0 Å². The Hall–Kier alpha value is -2.20. The second kappa shape index (κ2) is 7.58. The molecule has 1 aromatic heterocycles. The van der Waals surface area contributed by atoms with Gasteiger partial charge in [-0.15, -0.1) is 0 Å². The molecular formula is C20H25N3O. The molecule has 4 nitrogen and oxygen atoms in total. The summed E-state index contributed by atoms with van der Waals surface area (Å²) in [5.74, 6) is 0.0878. The Balaban J connectivity index is 1.68. The molecule has 0 unspecified atom stereocenters. The zero-order chi connectivity index (χ0) is 16.9. The normalized spacial score (nSPS) is 19.2. The highest BCUT2D eigenvalue weighted by molar-refractivity contribution is 5.94. The molecule has 1 amide bonds. The quantitative estimate of drug-likeness (QED) is 0.846. The van der Waals surface area contributed by atoms with E-state index in [-0.39, 0.29) is 11.9 Å². The average molecular weight is 323 g/mol. The molecule has 1 fully saturated rings. The molecule has 126 valence electrons. The van der Waals surface area contributed by atoms with Gasteiger partial charge >= 0.3 is 0 Å². The van der Waals surface area contributed by atoms with Crippen molar-refractivity contribution in [3.63, 3.8) is 0 Å². The van der Waals surface area contributed by atoms with Gasteiger partial charge in [0.15, 0.2) is 0 Å². The van der Waals surface area contributed by atoms with E-state index in [2.05, 4.69) is 48.0 Å². The number of aromatic nitrogens is 1. The van der Waals surface area contributed by atoms with E-state index in [1.807, 2.05) is 23.1 Å². The molecule has 4 heteroatoms. The van der Waals surface area contributed by atoms with Crippen molar-refractivity contribution in [3.8, 4) is 0 Å². The van der Waals surface area contributed by atoms with Crippen molar-refractivity contribution in [2.75, 3.05) is 19.6 Å². The molecule has 1 aromatic carbocycles. The van der Waals surface area contributed by atoms with Crippen LogP contribution in [0.25, 0.3) is 0 Å². The third kappa shape index (κ3) is 3.49. The van der Waals surface area contributed by atoms with Gasteiger partial charge in [0.1, 0.15) is 0 Å². The first-order valence-electron chi connectivity index (χ1n) is 8.70. The number of carbonyl (C=O) groups excluding carboxylic acids is 1. The van der Waals surface area contributed by atoms with Gasteiger partial charge in [-0.25, -0.2) is 0 Å². The van der Waals surface area contributed by atoms with Gasteiger partial charge in [-0.3, -0.25) is 14.7 Å². The van der Waals surface area contributed by atoms with Crippen LogP contribution in [0.15, 0.2) is 54.9 Å². The highest BCUT2D eigenvalue weighted by Crippen LogP contribution is 2.27. The molecule has 1 saturated heterocycles. The lowest BCUT2D eigenvalue weighted by atomic mass is 10.1. The molecule has 2 aromatic rings. The fourth-order valence-corrected chi connectivity index (χ4v) is 3.54. The van der Waals surface area contributed by atoms with Crippen LogP contribution in [0.2, 0.25) is 0 Å². The number of likely N-dealkylation sites (N-methyl/N-ethyl adjacent to an activating group) is 1. The number of hydrogen-bond donors (Lipinski definition) is 0. The van der Waals surface area contributed by atoms with Crippen LogP contribution in [0.1, 0.15) is 42.2 Å². The molecule has 24 heavy (non-hydrogen) atoms. The van der Waals surface area contributed by atoms with Gasteiger partial charge in [0, 0.05) is 44.1 Å². The zero-order valence-corrected chi connectivity index (χ0v) is 14.4. The number of pyridine rings is 1. The monoisotopic (exact) mass is 323 g/mol. The number of nitrogens with zero attached hydrogens (tertiary/aromatic N) is 3. The molecule has 0 bridgehead atoms. The van der Waals surface area contributed by atoms with Gasteiger partial charge in [-0.1, -0.05) is 30.3 Å². The fraction of sp³-hybridized carbons (Fsp3) is 0.400. The molecular weight excluding hydrogens is 298 g/mol. The van der Waals surface area contributed by atoms with Gasteiger partial charge in [-0.05, 0) is 38.0 Å². The number of likely N-dealkylation sites (tertiary alicyclic amines) is 1. The second-order valence-corrected chi connectivity index (χ2v) is 6.36. The van der Waals surface area contributed by atoms with Gasteiger partial charge in [0.2, 0.25) is 0 Å². The van der Waals surface area contributed by atoms with Crippen molar-refractivity contribution < 1.29 is 4.79 Å². The second-order valence-electron chi connectivity index (χ2n) is 6.36. The Kier molecular flexibility index (Phi) is 5.26. The lowest BCUT2D eigenvalue weighted by Gasteiger charge is -2.30. The maximum atomic E-state index is 12.8. The van der Waals surface area contributed by atoms with Crippen LogP contribution >= 0.6 is 0 Å². The maximum absolute atomic E-state index is 12.8. The summed E-state index contributed by atoms with van der Waals surface area (Å²) in [6.45, 7) is 6.98. The Morgan fingerprint density at radius 3 is 2.75 bits per heavy atom. The first-order chi connectivity index (χ1) is 11.7. The number of hydrogen-bond acceptors (Lipinski definition) is 3. The van der Waals surface area contributed by atoms with E-state index in [9.17, 15) is 4.79 Å². The van der Waals surface area contributed by atoms with Crippen LogP contribution in [0.4, 0.5) is 0 Å². The third-order valence-electron chi connectivity index (χ3n) is 4.98. The van der Waals surface area contributed by atoms with E-state index in [0.717, 1.165) is 26.1 Å². The standard InChI is InChI=1S/C20H25N3O/c1-3-23(20(24)18-10-7-12-21-14-18)19-11-13-22(15-19)16(2)17-8-5-4-6-9-17/h4-10,12,14,16,19H,3,11,13,15H2,1-2H3/t16-,19-/m0/s1. The minimum absolute atomic E-state index is 0.0878. The van der Waals surface area contributed by atoms with Gasteiger partial charge in [0.25, 0.3) is 5.91 Å². The van der Waals surface area contributed by atoms with E-state index >= 15 is 0 Å². The largest absolute Gasteiger partial charge is 0.335 e.